The number of benzene rings is 1. The summed E-state index contributed by atoms with van der Waals surface area (Å²) >= 11 is 0. The van der Waals surface area contributed by atoms with Crippen LogP contribution < -0.4 is 4.72 Å². The van der Waals surface area contributed by atoms with Crippen LogP contribution in [0, 0.1) is 0 Å². The molecule has 0 radical (unpaired) electrons. The SMILES string of the molecule is CCCS(=O)(=O)Nc1ccc(C(C)CC(=O)O)cc1. The van der Waals surface area contributed by atoms with Crippen LogP contribution in [0.3, 0.4) is 0 Å². The molecule has 1 rings (SSSR count). The van der Waals surface area contributed by atoms with Crippen LogP contribution in [0.5, 0.6) is 0 Å². The number of sulfonamides is 1. The van der Waals surface area contributed by atoms with E-state index in [0.29, 0.717) is 12.1 Å². The van der Waals surface area contributed by atoms with Crippen molar-refractivity contribution in [3.05, 3.63) is 29.8 Å². The normalized spacial score (nSPS) is 12.9. The molecule has 0 saturated carbocycles. The van der Waals surface area contributed by atoms with Gasteiger partial charge in [0.25, 0.3) is 0 Å². The number of hydrogen-bond donors (Lipinski definition) is 2. The minimum atomic E-state index is -3.28. The summed E-state index contributed by atoms with van der Waals surface area (Å²) in [5.41, 5.74) is 1.38. The second-order valence-corrected chi connectivity index (χ2v) is 6.38. The first-order valence-electron chi connectivity index (χ1n) is 6.16. The number of anilines is 1. The summed E-state index contributed by atoms with van der Waals surface area (Å²) < 4.78 is 25.6. The molecule has 2 N–H and O–H groups in total. The first-order valence-corrected chi connectivity index (χ1v) is 7.81. The van der Waals surface area contributed by atoms with E-state index < -0.39 is 16.0 Å². The lowest BCUT2D eigenvalue weighted by Crippen LogP contribution is -2.16. The minimum absolute atomic E-state index is 0.0565. The zero-order valence-electron chi connectivity index (χ0n) is 11.1. The zero-order valence-corrected chi connectivity index (χ0v) is 11.9. The number of carboxylic acids is 1. The highest BCUT2D eigenvalue weighted by Crippen LogP contribution is 2.21. The molecular weight excluding hydrogens is 266 g/mol. The van der Waals surface area contributed by atoms with Crippen LogP contribution in [0.4, 0.5) is 5.69 Å². The van der Waals surface area contributed by atoms with E-state index in [0.717, 1.165) is 5.56 Å². The van der Waals surface area contributed by atoms with Gasteiger partial charge in [-0.2, -0.15) is 0 Å². The van der Waals surface area contributed by atoms with Crippen LogP contribution in [-0.2, 0) is 14.8 Å². The summed E-state index contributed by atoms with van der Waals surface area (Å²) in [6.45, 7) is 3.63. The van der Waals surface area contributed by atoms with Gasteiger partial charge in [0.05, 0.1) is 12.2 Å². The molecule has 0 spiro atoms. The molecule has 0 fully saturated rings. The van der Waals surface area contributed by atoms with Gasteiger partial charge in [0, 0.05) is 5.69 Å². The first-order chi connectivity index (χ1) is 8.84. The van der Waals surface area contributed by atoms with Gasteiger partial charge in [0.1, 0.15) is 0 Å². The fourth-order valence-electron chi connectivity index (χ4n) is 1.76. The number of carbonyl (C=O) groups is 1. The fraction of sp³-hybridized carbons (Fsp3) is 0.462. The molecule has 1 aromatic rings. The van der Waals surface area contributed by atoms with Crippen molar-refractivity contribution >= 4 is 21.7 Å². The zero-order chi connectivity index (χ0) is 14.5. The third-order valence-corrected chi connectivity index (χ3v) is 4.20. The summed E-state index contributed by atoms with van der Waals surface area (Å²) in [5, 5.41) is 8.72. The topological polar surface area (TPSA) is 83.5 Å². The molecule has 1 unspecified atom stereocenters. The van der Waals surface area contributed by atoms with Gasteiger partial charge in [-0.15, -0.1) is 0 Å². The quantitative estimate of drug-likeness (QED) is 0.806. The molecule has 106 valence electrons. The molecule has 0 heterocycles. The van der Waals surface area contributed by atoms with Gasteiger partial charge in [-0.25, -0.2) is 8.42 Å². The Morgan fingerprint density at radius 2 is 1.89 bits per heavy atom. The molecule has 0 aliphatic carbocycles. The smallest absolute Gasteiger partial charge is 0.303 e. The Morgan fingerprint density at radius 1 is 1.32 bits per heavy atom. The molecule has 1 aromatic carbocycles. The van der Waals surface area contributed by atoms with Crippen LogP contribution in [0.1, 0.15) is 38.2 Å². The number of aliphatic carboxylic acids is 1. The molecule has 0 amide bonds. The van der Waals surface area contributed by atoms with Crippen LogP contribution in [0.25, 0.3) is 0 Å². The van der Waals surface area contributed by atoms with Gasteiger partial charge in [-0.1, -0.05) is 26.0 Å². The van der Waals surface area contributed by atoms with E-state index in [2.05, 4.69) is 4.72 Å². The maximum atomic E-state index is 11.6. The molecule has 0 saturated heterocycles. The van der Waals surface area contributed by atoms with E-state index in [1.54, 1.807) is 31.2 Å². The van der Waals surface area contributed by atoms with Crippen molar-refractivity contribution in [2.24, 2.45) is 0 Å². The Morgan fingerprint density at radius 3 is 2.37 bits per heavy atom. The molecule has 0 aliphatic rings. The van der Waals surface area contributed by atoms with Crippen molar-refractivity contribution in [3.8, 4) is 0 Å². The van der Waals surface area contributed by atoms with Crippen LogP contribution in [0.15, 0.2) is 24.3 Å². The van der Waals surface area contributed by atoms with E-state index in [1.807, 2.05) is 6.92 Å². The molecular formula is C13H19NO4S. The average Bonchev–Trinajstić information content (AvgIpc) is 2.28. The monoisotopic (exact) mass is 285 g/mol. The first kappa shape index (κ1) is 15.5. The molecule has 0 bridgehead atoms. The second kappa shape index (κ2) is 6.56. The highest BCUT2D eigenvalue weighted by Gasteiger charge is 2.11. The fourth-order valence-corrected chi connectivity index (χ4v) is 2.89. The number of nitrogens with one attached hydrogen (secondary N) is 1. The number of carboxylic acid groups (broad SMARTS) is 1. The lowest BCUT2D eigenvalue weighted by atomic mass is 9.98. The Bertz CT molecular complexity index is 522. The summed E-state index contributed by atoms with van der Waals surface area (Å²) in [6, 6.07) is 6.80. The molecule has 5 nitrogen and oxygen atoms in total. The van der Waals surface area contributed by atoms with E-state index in [9.17, 15) is 13.2 Å². The molecule has 1 atom stereocenters. The van der Waals surface area contributed by atoms with Crippen molar-refractivity contribution in [1.29, 1.82) is 0 Å². The summed E-state index contributed by atoms with van der Waals surface area (Å²) in [4.78, 5) is 10.6. The molecule has 6 heteroatoms. The van der Waals surface area contributed by atoms with Crippen molar-refractivity contribution < 1.29 is 18.3 Å². The van der Waals surface area contributed by atoms with E-state index >= 15 is 0 Å². The van der Waals surface area contributed by atoms with Gasteiger partial charge in [-0.05, 0) is 30.0 Å². The van der Waals surface area contributed by atoms with Crippen molar-refractivity contribution in [2.75, 3.05) is 10.5 Å². The highest BCUT2D eigenvalue weighted by atomic mass is 32.2. The lowest BCUT2D eigenvalue weighted by Gasteiger charge is -2.11. The van der Waals surface area contributed by atoms with Gasteiger partial charge >= 0.3 is 5.97 Å². The highest BCUT2D eigenvalue weighted by molar-refractivity contribution is 7.92. The molecule has 0 aliphatic heterocycles. The standard InChI is InChI=1S/C13H19NO4S/c1-3-8-19(17,18)14-12-6-4-11(5-7-12)10(2)9-13(15)16/h4-7,10,14H,3,8-9H2,1-2H3,(H,15,16). The Kier molecular flexibility index (Phi) is 5.35. The number of hydrogen-bond acceptors (Lipinski definition) is 3. The van der Waals surface area contributed by atoms with Crippen molar-refractivity contribution in [2.45, 2.75) is 32.6 Å². The third-order valence-electron chi connectivity index (χ3n) is 2.71. The predicted octanol–water partition coefficient (Wildman–Crippen LogP) is 2.42. The Balaban J connectivity index is 2.74. The number of rotatable bonds is 7. The summed E-state index contributed by atoms with van der Waals surface area (Å²) in [5.74, 6) is -0.858. The van der Waals surface area contributed by atoms with Gasteiger partial charge in [0.2, 0.25) is 10.0 Å². The summed E-state index contributed by atoms with van der Waals surface area (Å²) in [6.07, 6.45) is 0.615. The second-order valence-electron chi connectivity index (χ2n) is 4.54. The summed E-state index contributed by atoms with van der Waals surface area (Å²) in [7, 11) is -3.28. The van der Waals surface area contributed by atoms with E-state index in [-0.39, 0.29) is 18.1 Å². The maximum Gasteiger partial charge on any atom is 0.303 e. The van der Waals surface area contributed by atoms with Crippen LogP contribution in [0.2, 0.25) is 0 Å². The molecule has 19 heavy (non-hydrogen) atoms. The molecule has 0 aromatic heterocycles. The van der Waals surface area contributed by atoms with Crippen LogP contribution in [-0.4, -0.2) is 25.2 Å². The minimum Gasteiger partial charge on any atom is -0.481 e. The van der Waals surface area contributed by atoms with E-state index in [1.165, 1.54) is 0 Å². The lowest BCUT2D eigenvalue weighted by molar-refractivity contribution is -0.137. The Hall–Kier alpha value is -1.56. The average molecular weight is 285 g/mol. The van der Waals surface area contributed by atoms with Gasteiger partial charge in [-0.3, -0.25) is 9.52 Å². The van der Waals surface area contributed by atoms with Gasteiger partial charge < -0.3 is 5.11 Å². The Labute approximate surface area is 113 Å². The maximum absolute atomic E-state index is 11.6. The predicted molar refractivity (Wildman–Crippen MR) is 74.8 cm³/mol. The van der Waals surface area contributed by atoms with Gasteiger partial charge in [0.15, 0.2) is 0 Å². The van der Waals surface area contributed by atoms with E-state index in [4.69, 9.17) is 5.11 Å². The van der Waals surface area contributed by atoms with Crippen LogP contribution >= 0.6 is 0 Å². The van der Waals surface area contributed by atoms with Crippen molar-refractivity contribution in [1.82, 2.24) is 0 Å². The largest absolute Gasteiger partial charge is 0.481 e. The van der Waals surface area contributed by atoms with Crippen molar-refractivity contribution in [3.63, 3.8) is 0 Å². The third kappa shape index (κ3) is 5.30.